The molecular weight excluding hydrogens is 1010 g/mol. The second-order valence-electron chi connectivity index (χ2n) is 17.3. The van der Waals surface area contributed by atoms with E-state index in [1.54, 1.807) is 0 Å². The minimum absolute atomic E-state index is 0.999. The number of aliphatic hydroxyl groups is 18. The number of hydrogen-bond donors (Lipinski definition) is 20. The molecule has 34 nitrogen and oxygen atoms in total. The number of aliphatic hydroxyl groups excluding tert-OH is 18. The van der Waals surface area contributed by atoms with E-state index >= 15 is 0 Å². The lowest BCUT2D eigenvalue weighted by atomic mass is 9.94. The van der Waals surface area contributed by atoms with Crippen molar-refractivity contribution in [3.8, 4) is 0 Å². The predicted octanol–water partition coefficient (Wildman–Crippen LogP) is -13.7. The van der Waals surface area contributed by atoms with Crippen molar-refractivity contribution in [1.29, 1.82) is 0 Å². The lowest BCUT2D eigenvalue weighted by Gasteiger charge is -2.50. The fourth-order valence-electron chi connectivity index (χ4n) is 8.93. The standard InChI is InChI=1S/C36H60O30.H2O4S/c37-1-7-25-13(43)19(49)31(55-7)62-26-8(2-38)57-33(21(51)15(26)45)64-28-10(4-40)59-35(23(53)17(28)47)66-30-12(6-42)60-36(24(54)18(30)48)65-29-11(5-41)58-34(22(52)16(29)46)63-27-9(3-39)56-32(61-25)20(50)14(27)44;1-5(2,3)4/h7-54H,1-6H2;(H2,1,2,3,4)/t7-,8-,9-,10-,11-,12-,13-,14-,15-,16-,17-,18-,19-,20-,21-,22-,23-,24-,25-,26-,27-,28-,29-,30-,31-,32-,33-,34-,35-,36-;/m1./s1. The average Bonchev–Trinajstić information content (AvgIpc) is 3.33. The fourth-order valence-corrected chi connectivity index (χ4v) is 8.93. The quantitative estimate of drug-likeness (QED) is 0.110. The first-order valence-electron chi connectivity index (χ1n) is 21.8. The van der Waals surface area contributed by atoms with Crippen molar-refractivity contribution >= 4 is 10.4 Å². The number of ether oxygens (including phenoxy) is 12. The van der Waals surface area contributed by atoms with Crippen LogP contribution >= 0.6 is 0 Å². The van der Waals surface area contributed by atoms with Crippen LogP contribution in [0.4, 0.5) is 0 Å². The molecule has 22 aliphatic rings. The Morgan fingerprint density at radius 2 is 0.352 bits per heavy atom. The summed E-state index contributed by atoms with van der Waals surface area (Å²) in [6.45, 7) is -5.99. The van der Waals surface area contributed by atoms with E-state index in [0.29, 0.717) is 0 Å². The molecule has 22 fully saturated rings. The van der Waals surface area contributed by atoms with Gasteiger partial charge in [0.05, 0.1) is 39.6 Å². The van der Waals surface area contributed by atoms with E-state index in [1.807, 2.05) is 0 Å². The summed E-state index contributed by atoms with van der Waals surface area (Å²) in [6, 6.07) is 0. The number of hydrogen-bond acceptors (Lipinski definition) is 32. The van der Waals surface area contributed by atoms with Crippen LogP contribution in [0.25, 0.3) is 0 Å². The first-order chi connectivity index (χ1) is 33.4. The van der Waals surface area contributed by atoms with Crippen LogP contribution in [-0.4, -0.2) is 333 Å². The van der Waals surface area contributed by atoms with Gasteiger partial charge < -0.3 is 149 Å². The van der Waals surface area contributed by atoms with Gasteiger partial charge in [0.1, 0.15) is 146 Å². The van der Waals surface area contributed by atoms with Crippen LogP contribution < -0.4 is 0 Å². The summed E-state index contributed by atoms with van der Waals surface area (Å²) in [5.41, 5.74) is 0. The molecule has 22 saturated heterocycles. The molecule has 0 aromatic heterocycles. The van der Waals surface area contributed by atoms with Gasteiger partial charge >= 0.3 is 10.4 Å². The highest BCUT2D eigenvalue weighted by atomic mass is 32.3. The zero-order chi connectivity index (χ0) is 52.5. The van der Waals surface area contributed by atoms with E-state index in [2.05, 4.69) is 0 Å². The van der Waals surface area contributed by atoms with Crippen LogP contribution in [0.15, 0.2) is 0 Å². The normalized spacial score (nSPS) is 52.3. The van der Waals surface area contributed by atoms with Gasteiger partial charge in [-0.2, -0.15) is 8.42 Å². The molecule has 0 saturated carbocycles. The van der Waals surface area contributed by atoms with Crippen molar-refractivity contribution in [2.75, 3.05) is 39.6 Å². The van der Waals surface area contributed by atoms with Crippen LogP contribution in [-0.2, 0) is 67.2 Å². The van der Waals surface area contributed by atoms with Crippen molar-refractivity contribution in [2.24, 2.45) is 0 Å². The van der Waals surface area contributed by atoms with Gasteiger partial charge in [-0.25, -0.2) is 0 Å². The molecule has 35 heteroatoms. The summed E-state index contributed by atoms with van der Waals surface area (Å²) >= 11 is 0. The van der Waals surface area contributed by atoms with Crippen molar-refractivity contribution in [1.82, 2.24) is 0 Å². The molecule has 0 spiro atoms. The Morgan fingerprint density at radius 3 is 0.451 bits per heavy atom. The van der Waals surface area contributed by atoms with E-state index in [1.165, 1.54) is 0 Å². The van der Waals surface area contributed by atoms with Gasteiger partial charge in [0, 0.05) is 0 Å². The zero-order valence-electron chi connectivity index (χ0n) is 36.6. The second-order valence-corrected chi connectivity index (χ2v) is 18.2. The third-order valence-electron chi connectivity index (χ3n) is 12.7. The van der Waals surface area contributed by atoms with E-state index < -0.39 is 234 Å². The van der Waals surface area contributed by atoms with Gasteiger partial charge in [-0.05, 0) is 0 Å². The van der Waals surface area contributed by atoms with Crippen LogP contribution in [0.3, 0.4) is 0 Å². The largest absolute Gasteiger partial charge is 0.394 e. The molecular formula is C36H62O34S. The fraction of sp³-hybridized carbons (Fsp3) is 1.00. The average molecular weight is 1070 g/mol. The maximum Gasteiger partial charge on any atom is 0.394 e. The maximum atomic E-state index is 11.2. The maximum absolute atomic E-state index is 11.2. The molecule has 0 unspecified atom stereocenters. The van der Waals surface area contributed by atoms with Gasteiger partial charge in [-0.15, -0.1) is 0 Å². The molecule has 22 rings (SSSR count). The topological polar surface area (TPSA) is 550 Å². The van der Waals surface area contributed by atoms with Crippen molar-refractivity contribution in [3.63, 3.8) is 0 Å². The zero-order valence-corrected chi connectivity index (χ0v) is 37.4. The van der Waals surface area contributed by atoms with E-state index in [9.17, 15) is 91.9 Å². The lowest BCUT2D eigenvalue weighted by Crippen LogP contribution is -2.69. The van der Waals surface area contributed by atoms with Gasteiger partial charge in [0.2, 0.25) is 0 Å². The minimum Gasteiger partial charge on any atom is -0.394 e. The molecule has 30 atom stereocenters. The summed E-state index contributed by atoms with van der Waals surface area (Å²) in [5.74, 6) is 0. The Labute approximate surface area is 400 Å². The van der Waals surface area contributed by atoms with Crippen LogP contribution in [0.1, 0.15) is 0 Å². The molecule has 0 radical (unpaired) electrons. The van der Waals surface area contributed by atoms with Gasteiger partial charge in [0.15, 0.2) is 37.7 Å². The highest BCUT2D eigenvalue weighted by molar-refractivity contribution is 7.79. The lowest BCUT2D eigenvalue weighted by molar-refractivity contribution is -0.404. The van der Waals surface area contributed by atoms with Crippen molar-refractivity contribution in [2.45, 2.75) is 184 Å². The second kappa shape index (κ2) is 24.8. The molecule has 22 heterocycles. The van der Waals surface area contributed by atoms with Crippen LogP contribution in [0.5, 0.6) is 0 Å². The van der Waals surface area contributed by atoms with Gasteiger partial charge in [-0.3, -0.25) is 9.11 Å². The summed E-state index contributed by atoms with van der Waals surface area (Å²) in [4.78, 5) is 0. The Hall–Kier alpha value is -1.33. The highest BCUT2D eigenvalue weighted by Gasteiger charge is 2.58. The molecule has 22 aliphatic heterocycles. The highest BCUT2D eigenvalue weighted by Crippen LogP contribution is 2.38. The molecule has 0 aromatic carbocycles. The Bertz CT molecular complexity index is 1460. The SMILES string of the molecule is O=S(=O)(O)O.OC[C@H]1O[C@@H]2O[C@H]3[C@H](O)[C@@H](O)[C@@H](O[C@H]4[C@H](O)[C@@H](O)[C@@H](O[C@H]5[C@H](O)[C@@H](O)[C@@H](O[C@H]6[C@H](O)[C@@H](O)[C@@H](O[C@H]7[C@H](O)[C@@H](O)[C@@H](O[C@H]1[C@H](O)[C@H]2O)O[C@@H]7CO)O[C@@H]6CO)O[C@@H]5CO)O[C@@H]4CO)O[C@@H]3CO. The monoisotopic (exact) mass is 1070 g/mol. The van der Waals surface area contributed by atoms with Crippen LogP contribution in [0.2, 0.25) is 0 Å². The molecule has 0 aromatic rings. The van der Waals surface area contributed by atoms with Crippen molar-refractivity contribution in [3.05, 3.63) is 0 Å². The Morgan fingerprint density at radius 1 is 0.239 bits per heavy atom. The molecule has 0 amide bonds. The van der Waals surface area contributed by atoms with E-state index in [-0.39, 0.29) is 0 Å². The number of rotatable bonds is 6. The molecule has 71 heavy (non-hydrogen) atoms. The van der Waals surface area contributed by atoms with Gasteiger partial charge in [-0.1, -0.05) is 0 Å². The Kier molecular flexibility index (Phi) is 20.6. The van der Waals surface area contributed by atoms with Gasteiger partial charge in [0.25, 0.3) is 0 Å². The first-order valence-corrected chi connectivity index (χ1v) is 23.2. The Balaban J connectivity index is 0.00000157. The van der Waals surface area contributed by atoms with Crippen LogP contribution in [0, 0.1) is 0 Å². The third kappa shape index (κ3) is 12.8. The molecule has 20 N–H and O–H groups in total. The predicted molar refractivity (Wildman–Crippen MR) is 210 cm³/mol. The van der Waals surface area contributed by atoms with Crippen molar-refractivity contribution < 1.29 is 166 Å². The molecule has 12 bridgehead atoms. The summed E-state index contributed by atoms with van der Waals surface area (Å²) in [6.07, 6.45) is -58.5. The first kappa shape index (κ1) is 58.9. The van der Waals surface area contributed by atoms with E-state index in [4.69, 9.17) is 74.4 Å². The smallest absolute Gasteiger partial charge is 0.394 e. The molecule has 0 aliphatic carbocycles. The summed E-state index contributed by atoms with van der Waals surface area (Å²) in [7, 11) is -4.67. The summed E-state index contributed by atoms with van der Waals surface area (Å²) < 4.78 is 99.4. The third-order valence-corrected chi connectivity index (χ3v) is 12.7. The minimum atomic E-state index is -4.67. The summed E-state index contributed by atoms with van der Waals surface area (Å²) in [5, 5.41) is 196. The van der Waals surface area contributed by atoms with E-state index in [0.717, 1.165) is 0 Å². The molecule has 416 valence electrons.